The number of benzene rings is 1. The Kier molecular flexibility index (Phi) is 9.22. The summed E-state index contributed by atoms with van der Waals surface area (Å²) in [4.78, 5) is 0. The van der Waals surface area contributed by atoms with Gasteiger partial charge in [-0.05, 0) is 19.5 Å². The number of hydrogen-bond acceptors (Lipinski definition) is 1. The predicted molar refractivity (Wildman–Crippen MR) is 73.3 cm³/mol. The molecule has 1 rings (SSSR count). The molecule has 4 N–H and O–H groups in total. The zero-order chi connectivity index (χ0) is 10.6. The molecule has 1 aromatic carbocycles. The van der Waals surface area contributed by atoms with Crippen LogP contribution in [0.5, 0.6) is 0 Å². The molecule has 0 aliphatic rings. The summed E-state index contributed by atoms with van der Waals surface area (Å²) in [7, 11) is -1.32. The maximum absolute atomic E-state index is 11.5. The molecule has 2 atom stereocenters. The van der Waals surface area contributed by atoms with Gasteiger partial charge in [-0.15, -0.1) is 24.8 Å². The van der Waals surface area contributed by atoms with Gasteiger partial charge in [0.1, 0.15) is 0 Å². The second-order valence-corrected chi connectivity index (χ2v) is 5.16. The highest BCUT2D eigenvalue weighted by Crippen LogP contribution is 2.28. The quantitative estimate of drug-likeness (QED) is 0.744. The summed E-state index contributed by atoms with van der Waals surface area (Å²) in [5.74, 6) is 0. The number of hydrogen-bond donors (Lipinski definition) is 3. The Morgan fingerprint density at radius 3 is 2.19 bits per heavy atom. The van der Waals surface area contributed by atoms with E-state index in [1.54, 1.807) is 7.05 Å². The summed E-state index contributed by atoms with van der Waals surface area (Å²) in [5.41, 5.74) is 6.55. The molecule has 1 aromatic rings. The van der Waals surface area contributed by atoms with Crippen molar-refractivity contribution in [2.75, 3.05) is 7.05 Å². The summed E-state index contributed by atoms with van der Waals surface area (Å²) in [6.45, 7) is 1.92. The molecule has 0 aromatic heterocycles. The van der Waals surface area contributed by atoms with Crippen molar-refractivity contribution in [3.8, 4) is 0 Å². The van der Waals surface area contributed by atoms with Crippen LogP contribution in [0, 0.1) is 0 Å². The van der Waals surface area contributed by atoms with Gasteiger partial charge in [-0.3, -0.25) is 10.1 Å². The van der Waals surface area contributed by atoms with Gasteiger partial charge in [0.25, 0.3) is 7.59 Å². The minimum Gasteiger partial charge on any atom is -0.271 e. The molecule has 0 amide bonds. The maximum Gasteiger partial charge on any atom is 0.276 e. The van der Waals surface area contributed by atoms with Gasteiger partial charge in [-0.25, -0.2) is 10.2 Å². The summed E-state index contributed by atoms with van der Waals surface area (Å²) in [6.07, 6.45) is 0. The van der Waals surface area contributed by atoms with E-state index < -0.39 is 7.59 Å². The Morgan fingerprint density at radius 1 is 1.25 bits per heavy atom. The van der Waals surface area contributed by atoms with E-state index in [0.717, 1.165) is 5.56 Å². The van der Waals surface area contributed by atoms with Gasteiger partial charge in [0.15, 0.2) is 0 Å². The zero-order valence-corrected chi connectivity index (χ0v) is 11.7. The van der Waals surface area contributed by atoms with Crippen molar-refractivity contribution >= 4 is 32.4 Å². The molecule has 16 heavy (non-hydrogen) atoms. The smallest absolute Gasteiger partial charge is 0.271 e. The molecule has 0 heterocycles. The first kappa shape index (κ1) is 18.3. The SMILES string of the molecule is CNP(N)(=O)N[C@@H](C)c1ccccc1.Cl.Cl. The van der Waals surface area contributed by atoms with Crippen molar-refractivity contribution in [3.63, 3.8) is 0 Å². The van der Waals surface area contributed by atoms with Gasteiger partial charge in [-0.1, -0.05) is 30.3 Å². The van der Waals surface area contributed by atoms with E-state index in [4.69, 9.17) is 5.50 Å². The fourth-order valence-corrected chi connectivity index (χ4v) is 2.02. The van der Waals surface area contributed by atoms with Crippen LogP contribution in [-0.2, 0) is 4.57 Å². The number of halogens is 2. The Morgan fingerprint density at radius 2 is 1.75 bits per heavy atom. The maximum atomic E-state index is 11.5. The van der Waals surface area contributed by atoms with Crippen LogP contribution in [0.25, 0.3) is 0 Å². The minimum absolute atomic E-state index is 0. The Hall–Kier alpha value is -0.0900. The molecule has 1 unspecified atom stereocenters. The van der Waals surface area contributed by atoms with E-state index in [-0.39, 0.29) is 30.9 Å². The Labute approximate surface area is 109 Å². The van der Waals surface area contributed by atoms with Gasteiger partial charge in [0.2, 0.25) is 0 Å². The van der Waals surface area contributed by atoms with Crippen LogP contribution >= 0.6 is 32.4 Å². The lowest BCUT2D eigenvalue weighted by Crippen LogP contribution is -2.27. The largest absolute Gasteiger partial charge is 0.276 e. The first-order valence-electron chi connectivity index (χ1n) is 4.45. The van der Waals surface area contributed by atoms with E-state index in [2.05, 4.69) is 10.2 Å². The van der Waals surface area contributed by atoms with Crippen LogP contribution < -0.4 is 15.7 Å². The molecule has 0 spiro atoms. The molecule has 0 aliphatic carbocycles. The van der Waals surface area contributed by atoms with Crippen LogP contribution in [-0.4, -0.2) is 7.05 Å². The van der Waals surface area contributed by atoms with Crippen molar-refractivity contribution in [2.24, 2.45) is 5.50 Å². The second-order valence-electron chi connectivity index (χ2n) is 3.14. The topological polar surface area (TPSA) is 67.1 Å². The highest BCUT2D eigenvalue weighted by atomic mass is 35.5. The van der Waals surface area contributed by atoms with E-state index in [0.29, 0.717) is 0 Å². The molecule has 94 valence electrons. The van der Waals surface area contributed by atoms with Crippen molar-refractivity contribution in [2.45, 2.75) is 13.0 Å². The average Bonchev–Trinajstić information content (AvgIpc) is 2.19. The highest BCUT2D eigenvalue weighted by Gasteiger charge is 2.16. The molecule has 0 radical (unpaired) electrons. The first-order valence-corrected chi connectivity index (χ1v) is 6.23. The van der Waals surface area contributed by atoms with Crippen molar-refractivity contribution < 1.29 is 4.57 Å². The molecule has 0 saturated heterocycles. The van der Waals surface area contributed by atoms with Gasteiger partial charge in [-0.2, -0.15) is 0 Å². The van der Waals surface area contributed by atoms with Gasteiger partial charge < -0.3 is 0 Å². The first-order chi connectivity index (χ1) is 6.55. The summed E-state index contributed by atoms with van der Waals surface area (Å²) in [6, 6.07) is 9.72. The summed E-state index contributed by atoms with van der Waals surface area (Å²) in [5, 5.41) is 5.41. The fourth-order valence-electron chi connectivity index (χ4n) is 1.17. The average molecular weight is 286 g/mol. The third-order valence-corrected chi connectivity index (χ3v) is 3.45. The van der Waals surface area contributed by atoms with Crippen molar-refractivity contribution in [1.29, 1.82) is 0 Å². The molecular weight excluding hydrogens is 268 g/mol. The third-order valence-electron chi connectivity index (χ3n) is 2.02. The minimum atomic E-state index is -2.90. The lowest BCUT2D eigenvalue weighted by atomic mass is 10.1. The van der Waals surface area contributed by atoms with E-state index in [9.17, 15) is 4.57 Å². The molecule has 0 saturated carbocycles. The van der Waals surface area contributed by atoms with Crippen LogP contribution in [0.15, 0.2) is 30.3 Å². The second kappa shape index (κ2) is 8.07. The summed E-state index contributed by atoms with van der Waals surface area (Å²) >= 11 is 0. The molecule has 4 nitrogen and oxygen atoms in total. The van der Waals surface area contributed by atoms with Gasteiger partial charge in [0.05, 0.1) is 0 Å². The lowest BCUT2D eigenvalue weighted by molar-refractivity contribution is 0.547. The molecule has 0 fully saturated rings. The van der Waals surface area contributed by atoms with Gasteiger partial charge in [0, 0.05) is 6.04 Å². The van der Waals surface area contributed by atoms with Crippen LogP contribution in [0.3, 0.4) is 0 Å². The highest BCUT2D eigenvalue weighted by molar-refractivity contribution is 7.57. The van der Waals surface area contributed by atoms with Crippen molar-refractivity contribution in [3.05, 3.63) is 35.9 Å². The molecular formula is C9H18Cl2N3OP. The third kappa shape index (κ3) is 5.85. The van der Waals surface area contributed by atoms with E-state index >= 15 is 0 Å². The normalized spacial score (nSPS) is 15.2. The van der Waals surface area contributed by atoms with Crippen molar-refractivity contribution in [1.82, 2.24) is 10.2 Å². The molecule has 7 heteroatoms. The van der Waals surface area contributed by atoms with Crippen LogP contribution in [0.1, 0.15) is 18.5 Å². The number of nitrogens with two attached hydrogens (primary N) is 1. The van der Waals surface area contributed by atoms with Crippen LogP contribution in [0.4, 0.5) is 0 Å². The fraction of sp³-hybridized carbons (Fsp3) is 0.333. The Bertz CT molecular complexity index is 337. The number of nitrogens with one attached hydrogen (secondary N) is 2. The predicted octanol–water partition coefficient (Wildman–Crippen LogP) is 2.47. The van der Waals surface area contributed by atoms with Crippen LogP contribution in [0.2, 0.25) is 0 Å². The van der Waals surface area contributed by atoms with E-state index in [1.807, 2.05) is 37.3 Å². The van der Waals surface area contributed by atoms with E-state index in [1.165, 1.54) is 0 Å². The monoisotopic (exact) mass is 285 g/mol. The standard InChI is InChI=1S/C9H16N3OP.2ClH/c1-8(12-14(10,13)11-2)9-6-4-3-5-7-9;;/h3-8H,1-2H3,(H4,10,11,12,13);2*1H/t8-,14?;;/m0../s1. The zero-order valence-electron chi connectivity index (χ0n) is 9.21. The summed E-state index contributed by atoms with van der Waals surface area (Å²) < 4.78 is 11.5. The number of rotatable bonds is 4. The Balaban J connectivity index is 0. The molecule has 0 bridgehead atoms. The lowest BCUT2D eigenvalue weighted by Gasteiger charge is -2.19. The molecule has 0 aliphatic heterocycles. The van der Waals surface area contributed by atoms with Gasteiger partial charge >= 0.3 is 0 Å².